The van der Waals surface area contributed by atoms with Gasteiger partial charge in [-0.1, -0.05) is 43.6 Å². The summed E-state index contributed by atoms with van der Waals surface area (Å²) in [6, 6.07) is 8.44. The van der Waals surface area contributed by atoms with Crippen LogP contribution in [0.1, 0.15) is 32.4 Å². The van der Waals surface area contributed by atoms with Crippen LogP contribution in [0.4, 0.5) is 0 Å². The number of benzene rings is 1. The van der Waals surface area contributed by atoms with E-state index in [-0.39, 0.29) is 0 Å². The molecule has 0 radical (unpaired) electrons. The Morgan fingerprint density at radius 3 is 2.33 bits per heavy atom. The zero-order chi connectivity index (χ0) is 15.7. The molecular formula is C17H30ClN3. The summed E-state index contributed by atoms with van der Waals surface area (Å²) in [5.41, 5.74) is 1.20. The quantitative estimate of drug-likeness (QED) is 0.669. The molecule has 1 rings (SSSR count). The summed E-state index contributed by atoms with van der Waals surface area (Å²) in [4.78, 5) is 4.77. The first-order valence-corrected chi connectivity index (χ1v) is 8.35. The van der Waals surface area contributed by atoms with Crippen LogP contribution in [0.3, 0.4) is 0 Å². The highest BCUT2D eigenvalue weighted by molar-refractivity contribution is 6.31. The summed E-state index contributed by atoms with van der Waals surface area (Å²) in [6.45, 7) is 13.1. The van der Waals surface area contributed by atoms with Gasteiger partial charge in [-0.3, -0.25) is 4.90 Å². The van der Waals surface area contributed by atoms with Gasteiger partial charge >= 0.3 is 0 Å². The van der Waals surface area contributed by atoms with Gasteiger partial charge in [0.15, 0.2) is 0 Å². The highest BCUT2D eigenvalue weighted by Crippen LogP contribution is 2.25. The van der Waals surface area contributed by atoms with Crippen LogP contribution >= 0.6 is 11.6 Å². The maximum atomic E-state index is 6.27. The summed E-state index contributed by atoms with van der Waals surface area (Å²) in [7, 11) is 2.15. The monoisotopic (exact) mass is 311 g/mol. The molecule has 1 unspecified atom stereocenters. The molecule has 0 saturated carbocycles. The third kappa shape index (κ3) is 6.35. The van der Waals surface area contributed by atoms with Crippen LogP contribution in [0.5, 0.6) is 0 Å². The standard InChI is InChI=1S/C17H30ClN3/c1-5-21(6-2)14-12-19-11-13-20(4)15(3)16-9-7-8-10-17(16)18/h7-10,15,19H,5-6,11-14H2,1-4H3. The van der Waals surface area contributed by atoms with Gasteiger partial charge in [-0.2, -0.15) is 0 Å². The SMILES string of the molecule is CCN(CC)CCNCCN(C)C(C)c1ccccc1Cl. The van der Waals surface area contributed by atoms with Gasteiger partial charge in [-0.15, -0.1) is 0 Å². The smallest absolute Gasteiger partial charge is 0.0453 e. The molecule has 0 fully saturated rings. The fourth-order valence-corrected chi connectivity index (χ4v) is 2.70. The maximum absolute atomic E-state index is 6.27. The van der Waals surface area contributed by atoms with Crippen LogP contribution in [-0.4, -0.2) is 56.1 Å². The molecule has 0 aromatic heterocycles. The molecule has 0 heterocycles. The van der Waals surface area contributed by atoms with Crippen LogP contribution in [0.25, 0.3) is 0 Å². The predicted octanol–water partition coefficient (Wildman–Crippen LogP) is 3.26. The summed E-state index contributed by atoms with van der Waals surface area (Å²) in [6.07, 6.45) is 0. The zero-order valence-electron chi connectivity index (χ0n) is 13.9. The molecule has 4 heteroatoms. The summed E-state index contributed by atoms with van der Waals surface area (Å²) in [5.74, 6) is 0. The Bertz CT molecular complexity index is 393. The van der Waals surface area contributed by atoms with Crippen molar-refractivity contribution in [3.63, 3.8) is 0 Å². The second-order valence-electron chi connectivity index (χ2n) is 5.45. The number of rotatable bonds is 10. The molecule has 21 heavy (non-hydrogen) atoms. The summed E-state index contributed by atoms with van der Waals surface area (Å²) in [5, 5.41) is 4.37. The third-order valence-electron chi connectivity index (χ3n) is 4.16. The van der Waals surface area contributed by atoms with E-state index in [1.807, 2.05) is 18.2 Å². The average Bonchev–Trinajstić information content (AvgIpc) is 2.50. The third-order valence-corrected chi connectivity index (χ3v) is 4.50. The first-order chi connectivity index (χ1) is 10.1. The van der Waals surface area contributed by atoms with Crippen LogP contribution < -0.4 is 5.32 Å². The number of hydrogen-bond donors (Lipinski definition) is 1. The van der Waals surface area contributed by atoms with Gasteiger partial charge in [0.2, 0.25) is 0 Å². The molecule has 0 aliphatic heterocycles. The van der Waals surface area contributed by atoms with Gasteiger partial charge in [-0.05, 0) is 38.7 Å². The van der Waals surface area contributed by atoms with E-state index in [0.717, 1.165) is 44.3 Å². The largest absolute Gasteiger partial charge is 0.314 e. The summed E-state index contributed by atoms with van der Waals surface area (Å²) < 4.78 is 0. The van der Waals surface area contributed by atoms with Gasteiger partial charge in [0.25, 0.3) is 0 Å². The second-order valence-corrected chi connectivity index (χ2v) is 5.86. The van der Waals surface area contributed by atoms with E-state index in [2.05, 4.69) is 49.0 Å². The molecule has 1 atom stereocenters. The lowest BCUT2D eigenvalue weighted by atomic mass is 10.1. The highest BCUT2D eigenvalue weighted by atomic mass is 35.5. The highest BCUT2D eigenvalue weighted by Gasteiger charge is 2.13. The Kier molecular flexibility index (Phi) is 8.93. The van der Waals surface area contributed by atoms with Crippen molar-refractivity contribution in [2.45, 2.75) is 26.8 Å². The molecule has 0 saturated heterocycles. The van der Waals surface area contributed by atoms with Gasteiger partial charge in [-0.25, -0.2) is 0 Å². The van der Waals surface area contributed by atoms with E-state index in [1.54, 1.807) is 0 Å². The number of hydrogen-bond acceptors (Lipinski definition) is 3. The molecule has 120 valence electrons. The van der Waals surface area contributed by atoms with E-state index in [9.17, 15) is 0 Å². The molecule has 1 aromatic rings. The van der Waals surface area contributed by atoms with Gasteiger partial charge in [0.05, 0.1) is 0 Å². The number of nitrogens with one attached hydrogen (secondary N) is 1. The van der Waals surface area contributed by atoms with E-state index < -0.39 is 0 Å². The van der Waals surface area contributed by atoms with Crippen molar-refractivity contribution in [1.29, 1.82) is 0 Å². The lowest BCUT2D eigenvalue weighted by Gasteiger charge is -2.26. The average molecular weight is 312 g/mol. The van der Waals surface area contributed by atoms with Crippen molar-refractivity contribution >= 4 is 11.6 Å². The minimum atomic E-state index is 0.336. The van der Waals surface area contributed by atoms with Gasteiger partial charge in [0.1, 0.15) is 0 Å². The number of halogens is 1. The Balaban J connectivity index is 2.27. The first-order valence-electron chi connectivity index (χ1n) is 7.97. The Hall–Kier alpha value is -0.610. The van der Waals surface area contributed by atoms with Crippen molar-refractivity contribution in [3.8, 4) is 0 Å². The number of nitrogens with zero attached hydrogens (tertiary/aromatic N) is 2. The minimum absolute atomic E-state index is 0.336. The fraction of sp³-hybridized carbons (Fsp3) is 0.647. The van der Waals surface area contributed by atoms with E-state index >= 15 is 0 Å². The van der Waals surface area contributed by atoms with Crippen molar-refractivity contribution in [2.75, 3.05) is 46.3 Å². The molecule has 0 spiro atoms. The summed E-state index contributed by atoms with van der Waals surface area (Å²) >= 11 is 6.27. The molecule has 1 aromatic carbocycles. The minimum Gasteiger partial charge on any atom is -0.314 e. The number of likely N-dealkylation sites (N-methyl/N-ethyl adjacent to an activating group) is 2. The molecular weight excluding hydrogens is 282 g/mol. The van der Waals surface area contributed by atoms with Crippen molar-refractivity contribution in [3.05, 3.63) is 34.9 Å². The van der Waals surface area contributed by atoms with Crippen LogP contribution in [-0.2, 0) is 0 Å². The van der Waals surface area contributed by atoms with Crippen molar-refractivity contribution < 1.29 is 0 Å². The molecule has 0 aliphatic carbocycles. The van der Waals surface area contributed by atoms with Gasteiger partial charge < -0.3 is 10.2 Å². The second kappa shape index (κ2) is 10.2. The Morgan fingerprint density at radius 1 is 1.10 bits per heavy atom. The van der Waals surface area contributed by atoms with Gasteiger partial charge in [0, 0.05) is 37.2 Å². The van der Waals surface area contributed by atoms with Crippen molar-refractivity contribution in [1.82, 2.24) is 15.1 Å². The van der Waals surface area contributed by atoms with Crippen LogP contribution in [0, 0.1) is 0 Å². The molecule has 1 N–H and O–H groups in total. The molecule has 0 amide bonds. The molecule has 3 nitrogen and oxygen atoms in total. The van der Waals surface area contributed by atoms with Crippen molar-refractivity contribution in [2.24, 2.45) is 0 Å². The van der Waals surface area contributed by atoms with E-state index in [1.165, 1.54) is 5.56 Å². The van der Waals surface area contributed by atoms with E-state index in [0.29, 0.717) is 6.04 Å². The maximum Gasteiger partial charge on any atom is 0.0453 e. The molecule has 0 bridgehead atoms. The van der Waals surface area contributed by atoms with Crippen LogP contribution in [0.2, 0.25) is 5.02 Å². The zero-order valence-corrected chi connectivity index (χ0v) is 14.7. The van der Waals surface area contributed by atoms with Crippen LogP contribution in [0.15, 0.2) is 24.3 Å². The lowest BCUT2D eigenvalue weighted by Crippen LogP contribution is -2.36. The lowest BCUT2D eigenvalue weighted by molar-refractivity contribution is 0.255. The van der Waals surface area contributed by atoms with E-state index in [4.69, 9.17) is 11.6 Å². The fourth-order valence-electron chi connectivity index (χ4n) is 2.40. The normalized spacial score (nSPS) is 13.1. The topological polar surface area (TPSA) is 18.5 Å². The Morgan fingerprint density at radius 2 is 1.71 bits per heavy atom. The predicted molar refractivity (Wildman–Crippen MR) is 93.2 cm³/mol. The molecule has 0 aliphatic rings. The first kappa shape index (κ1) is 18.4. The Labute approximate surface area is 135 Å².